The molecule has 0 fully saturated rings. The first-order valence-corrected chi connectivity index (χ1v) is 17.2. The lowest BCUT2D eigenvalue weighted by molar-refractivity contribution is 0.0796. The van der Waals surface area contributed by atoms with E-state index >= 15 is 0 Å². The van der Waals surface area contributed by atoms with Crippen LogP contribution in [0.25, 0.3) is 0 Å². The van der Waals surface area contributed by atoms with Crippen LogP contribution >= 0.6 is 0 Å². The second kappa shape index (κ2) is 11.0. The molecular weight excluding hydrogens is 440 g/mol. The molecule has 0 N–H and O–H groups in total. The average Bonchev–Trinajstić information content (AvgIpc) is 3.11. The lowest BCUT2D eigenvalue weighted by atomic mass is 9.87. The fraction of sp³-hybridized carbons (Fsp3) is 0.444. The minimum atomic E-state index is -1.91. The molecule has 0 aliphatic carbocycles. The summed E-state index contributed by atoms with van der Waals surface area (Å²) in [5.74, 6) is 0. The number of ether oxygens (including phenoxy) is 1. The van der Waals surface area contributed by atoms with Gasteiger partial charge in [-0.15, -0.1) is 0 Å². The summed E-state index contributed by atoms with van der Waals surface area (Å²) >= 11 is 0. The third kappa shape index (κ3) is 7.24. The van der Waals surface area contributed by atoms with E-state index in [1.165, 1.54) is 16.4 Å². The van der Waals surface area contributed by atoms with Crippen LogP contribution < -0.4 is 10.4 Å². The zero-order chi connectivity index (χ0) is 24.1. The smallest absolute Gasteiger partial charge is 0.240 e. The quantitative estimate of drug-likeness (QED) is 0.298. The molecule has 178 valence electrons. The Morgan fingerprint density at radius 1 is 0.939 bits per heavy atom. The molecular formula is C27H40N2O2Si2. The van der Waals surface area contributed by atoms with Crippen molar-refractivity contribution in [2.24, 2.45) is 5.41 Å². The van der Waals surface area contributed by atoms with Gasteiger partial charge in [0, 0.05) is 20.4 Å². The summed E-state index contributed by atoms with van der Waals surface area (Å²) in [7, 11) is -3.01. The van der Waals surface area contributed by atoms with Gasteiger partial charge in [-0.2, -0.15) is 0 Å². The van der Waals surface area contributed by atoms with Crippen molar-refractivity contribution in [2.45, 2.75) is 66.2 Å². The van der Waals surface area contributed by atoms with Crippen molar-refractivity contribution in [1.29, 1.82) is 0 Å². The van der Waals surface area contributed by atoms with Crippen LogP contribution in [0.1, 0.15) is 38.3 Å². The van der Waals surface area contributed by atoms with Crippen LogP contribution in [0.5, 0.6) is 0 Å². The molecule has 2 aromatic carbocycles. The first-order chi connectivity index (χ1) is 15.6. The van der Waals surface area contributed by atoms with Gasteiger partial charge < -0.3 is 13.7 Å². The molecule has 0 aliphatic rings. The second-order valence-corrected chi connectivity index (χ2v) is 19.1. The molecule has 3 aromatic rings. The van der Waals surface area contributed by atoms with Gasteiger partial charge in [-0.1, -0.05) is 101 Å². The highest BCUT2D eigenvalue weighted by Crippen LogP contribution is 2.37. The Kier molecular flexibility index (Phi) is 8.50. The molecule has 1 unspecified atom stereocenters. The zero-order valence-corrected chi connectivity index (χ0v) is 23.5. The van der Waals surface area contributed by atoms with E-state index in [1.807, 2.05) is 6.33 Å². The van der Waals surface area contributed by atoms with Crippen molar-refractivity contribution in [3.63, 3.8) is 0 Å². The summed E-state index contributed by atoms with van der Waals surface area (Å²) in [6.45, 7) is 17.3. The monoisotopic (exact) mass is 480 g/mol. The summed E-state index contributed by atoms with van der Waals surface area (Å²) in [5.41, 5.74) is 2.04. The van der Waals surface area contributed by atoms with Crippen molar-refractivity contribution in [3.05, 3.63) is 78.4 Å². The van der Waals surface area contributed by atoms with Crippen LogP contribution in [0, 0.1) is 12.3 Å². The van der Waals surface area contributed by atoms with Crippen LogP contribution in [-0.2, 0) is 15.9 Å². The number of rotatable bonds is 10. The maximum Gasteiger partial charge on any atom is 0.240 e. The Balaban J connectivity index is 1.86. The van der Waals surface area contributed by atoms with E-state index in [2.05, 4.69) is 113 Å². The number of aromatic nitrogens is 2. The highest BCUT2D eigenvalue weighted by atomic mass is 28.3. The summed E-state index contributed by atoms with van der Waals surface area (Å²) in [4.78, 5) is 4.84. The van der Waals surface area contributed by atoms with Gasteiger partial charge in [0.1, 0.15) is 6.73 Å². The molecule has 0 saturated heterocycles. The summed E-state index contributed by atoms with van der Waals surface area (Å²) in [5, 5.41) is 2.56. The Morgan fingerprint density at radius 2 is 1.48 bits per heavy atom. The van der Waals surface area contributed by atoms with Crippen molar-refractivity contribution in [1.82, 2.24) is 9.55 Å². The first kappa shape index (κ1) is 25.6. The van der Waals surface area contributed by atoms with Crippen molar-refractivity contribution in [3.8, 4) is 0 Å². The predicted octanol–water partition coefficient (Wildman–Crippen LogP) is 5.15. The fourth-order valence-corrected chi connectivity index (χ4v) is 7.22. The SMILES string of the molecule is Cc1c(C(O[SiH](c2ccccc2)c2ccccc2)C(C)(C)C)ncn1COCC[Si](C)(C)C. The molecule has 1 heterocycles. The third-order valence-corrected chi connectivity index (χ3v) is 10.1. The van der Waals surface area contributed by atoms with E-state index in [9.17, 15) is 0 Å². The van der Waals surface area contributed by atoms with Crippen molar-refractivity contribution < 1.29 is 9.16 Å². The van der Waals surface area contributed by atoms with Gasteiger partial charge in [0.15, 0.2) is 0 Å². The number of imidazole rings is 1. The average molecular weight is 481 g/mol. The lowest BCUT2D eigenvalue weighted by Crippen LogP contribution is -2.47. The molecule has 0 saturated carbocycles. The van der Waals surface area contributed by atoms with E-state index in [1.54, 1.807) is 0 Å². The maximum atomic E-state index is 7.07. The Labute approximate surface area is 202 Å². The van der Waals surface area contributed by atoms with Crippen LogP contribution in [0.15, 0.2) is 67.0 Å². The fourth-order valence-electron chi connectivity index (χ4n) is 3.81. The molecule has 1 atom stereocenters. The third-order valence-electron chi connectivity index (χ3n) is 5.88. The highest BCUT2D eigenvalue weighted by molar-refractivity contribution is 6.80. The van der Waals surface area contributed by atoms with Gasteiger partial charge >= 0.3 is 0 Å². The van der Waals surface area contributed by atoms with E-state index in [0.717, 1.165) is 18.0 Å². The molecule has 4 nitrogen and oxygen atoms in total. The first-order valence-electron chi connectivity index (χ1n) is 11.9. The van der Waals surface area contributed by atoms with E-state index < -0.39 is 17.1 Å². The van der Waals surface area contributed by atoms with Crippen LogP contribution in [0.2, 0.25) is 25.7 Å². The molecule has 6 heteroatoms. The topological polar surface area (TPSA) is 36.3 Å². The van der Waals surface area contributed by atoms with Gasteiger partial charge in [0.2, 0.25) is 9.04 Å². The standard InChI is InChI=1S/C27H40N2O2Si2/c1-22-25(28-20-29(22)21-30-18-19-33(5,6)7)26(27(2,3)4)31-32(23-14-10-8-11-15-23)24-16-12-9-13-17-24/h8-17,20,26,32H,18-19,21H2,1-7H3. The maximum absolute atomic E-state index is 7.07. The molecule has 1 aromatic heterocycles. The van der Waals surface area contributed by atoms with Gasteiger partial charge in [0.25, 0.3) is 0 Å². The minimum Gasteiger partial charge on any atom is -0.402 e. The Morgan fingerprint density at radius 3 is 1.97 bits per heavy atom. The molecule has 0 aliphatic heterocycles. The van der Waals surface area contributed by atoms with Crippen molar-refractivity contribution >= 4 is 27.5 Å². The summed E-state index contributed by atoms with van der Waals surface area (Å²) < 4.78 is 15.2. The van der Waals surface area contributed by atoms with Crippen LogP contribution in [0.4, 0.5) is 0 Å². The molecule has 0 bridgehead atoms. The summed E-state index contributed by atoms with van der Waals surface area (Å²) in [6.07, 6.45) is 1.79. The summed E-state index contributed by atoms with van der Waals surface area (Å²) in [6, 6.07) is 22.5. The Bertz CT molecular complexity index is 953. The van der Waals surface area contributed by atoms with E-state index in [4.69, 9.17) is 14.1 Å². The van der Waals surface area contributed by atoms with E-state index in [0.29, 0.717) is 6.73 Å². The molecule has 33 heavy (non-hydrogen) atoms. The number of hydrogen-bond donors (Lipinski definition) is 0. The largest absolute Gasteiger partial charge is 0.402 e. The van der Waals surface area contributed by atoms with Crippen molar-refractivity contribution in [2.75, 3.05) is 6.61 Å². The molecule has 3 rings (SSSR count). The Hall–Kier alpha value is -2.00. The number of hydrogen-bond acceptors (Lipinski definition) is 3. The lowest BCUT2D eigenvalue weighted by Gasteiger charge is -2.34. The van der Waals surface area contributed by atoms with Gasteiger partial charge in [-0.3, -0.25) is 0 Å². The van der Waals surface area contributed by atoms with E-state index in [-0.39, 0.29) is 11.5 Å². The zero-order valence-electron chi connectivity index (χ0n) is 21.3. The van der Waals surface area contributed by atoms with Gasteiger partial charge in [-0.05, 0) is 28.8 Å². The van der Waals surface area contributed by atoms with Crippen LogP contribution in [-0.4, -0.2) is 33.3 Å². The molecule has 0 spiro atoms. The van der Waals surface area contributed by atoms with Gasteiger partial charge in [-0.25, -0.2) is 4.98 Å². The van der Waals surface area contributed by atoms with Crippen LogP contribution in [0.3, 0.4) is 0 Å². The highest BCUT2D eigenvalue weighted by Gasteiger charge is 2.34. The molecule has 0 amide bonds. The minimum absolute atomic E-state index is 0.0998. The normalized spacial score (nSPS) is 13.5. The number of nitrogens with zero attached hydrogens (tertiary/aromatic N) is 2. The predicted molar refractivity (Wildman–Crippen MR) is 144 cm³/mol. The van der Waals surface area contributed by atoms with Gasteiger partial charge in [0.05, 0.1) is 18.1 Å². The number of benzene rings is 2. The molecule has 0 radical (unpaired) electrons. The second-order valence-electron chi connectivity index (χ2n) is 11.1.